The SMILES string of the molecule is CN=C(NCCCOCC1CCOCC1)NCC(C)Oc1cccc(F)c1.I. The van der Waals surface area contributed by atoms with Crippen molar-refractivity contribution < 1.29 is 18.6 Å². The Morgan fingerprint density at radius 1 is 1.32 bits per heavy atom. The zero-order chi connectivity index (χ0) is 19.3. The van der Waals surface area contributed by atoms with Gasteiger partial charge in [0.25, 0.3) is 0 Å². The van der Waals surface area contributed by atoms with Crippen LogP contribution < -0.4 is 15.4 Å². The highest BCUT2D eigenvalue weighted by molar-refractivity contribution is 14.0. The van der Waals surface area contributed by atoms with E-state index in [4.69, 9.17) is 14.2 Å². The molecule has 0 amide bonds. The van der Waals surface area contributed by atoms with E-state index in [0.717, 1.165) is 52.2 Å². The summed E-state index contributed by atoms with van der Waals surface area (Å²) in [5.74, 6) is 1.58. The summed E-state index contributed by atoms with van der Waals surface area (Å²) in [5.41, 5.74) is 0. The van der Waals surface area contributed by atoms with Crippen LogP contribution in [0.15, 0.2) is 29.3 Å². The number of rotatable bonds is 10. The maximum absolute atomic E-state index is 13.2. The van der Waals surface area contributed by atoms with E-state index in [1.54, 1.807) is 19.2 Å². The van der Waals surface area contributed by atoms with E-state index in [1.165, 1.54) is 12.1 Å². The largest absolute Gasteiger partial charge is 0.489 e. The van der Waals surface area contributed by atoms with Gasteiger partial charge in [-0.15, -0.1) is 24.0 Å². The number of guanidine groups is 1. The van der Waals surface area contributed by atoms with Crippen molar-refractivity contribution in [1.29, 1.82) is 0 Å². The minimum absolute atomic E-state index is 0. The van der Waals surface area contributed by atoms with Crippen LogP contribution in [0.1, 0.15) is 26.2 Å². The van der Waals surface area contributed by atoms with E-state index in [0.29, 0.717) is 24.2 Å². The van der Waals surface area contributed by atoms with Crippen molar-refractivity contribution in [3.63, 3.8) is 0 Å². The Hall–Kier alpha value is -1.13. The molecule has 0 saturated carbocycles. The first-order valence-electron chi connectivity index (χ1n) is 9.69. The van der Waals surface area contributed by atoms with Crippen molar-refractivity contribution in [3.05, 3.63) is 30.1 Å². The molecule has 28 heavy (non-hydrogen) atoms. The highest BCUT2D eigenvalue weighted by Gasteiger charge is 2.13. The summed E-state index contributed by atoms with van der Waals surface area (Å²) in [6.45, 7) is 6.56. The van der Waals surface area contributed by atoms with Crippen LogP contribution in [-0.4, -0.2) is 58.6 Å². The second kappa shape index (κ2) is 14.8. The molecule has 2 rings (SSSR count). The van der Waals surface area contributed by atoms with Crippen molar-refractivity contribution in [3.8, 4) is 5.75 Å². The third kappa shape index (κ3) is 10.4. The molecule has 0 spiro atoms. The molecule has 160 valence electrons. The molecule has 6 nitrogen and oxygen atoms in total. The molecule has 8 heteroatoms. The first-order chi connectivity index (χ1) is 13.2. The number of halogens is 2. The van der Waals surface area contributed by atoms with Crippen LogP contribution in [0.5, 0.6) is 5.75 Å². The van der Waals surface area contributed by atoms with Gasteiger partial charge < -0.3 is 24.8 Å². The number of nitrogens with one attached hydrogen (secondary N) is 2. The Morgan fingerprint density at radius 2 is 2.11 bits per heavy atom. The summed E-state index contributed by atoms with van der Waals surface area (Å²) in [4.78, 5) is 4.20. The van der Waals surface area contributed by atoms with E-state index < -0.39 is 0 Å². The fourth-order valence-electron chi connectivity index (χ4n) is 2.82. The van der Waals surface area contributed by atoms with Gasteiger partial charge in [-0.25, -0.2) is 4.39 Å². The number of aliphatic imine (C=N–C) groups is 1. The number of ether oxygens (including phenoxy) is 3. The van der Waals surface area contributed by atoms with Gasteiger partial charge in [0, 0.05) is 46.1 Å². The summed E-state index contributed by atoms with van der Waals surface area (Å²) in [7, 11) is 1.73. The van der Waals surface area contributed by atoms with Crippen LogP contribution in [0.25, 0.3) is 0 Å². The Balaban J connectivity index is 0.00000392. The van der Waals surface area contributed by atoms with Crippen LogP contribution in [0, 0.1) is 11.7 Å². The number of hydrogen-bond donors (Lipinski definition) is 2. The van der Waals surface area contributed by atoms with Gasteiger partial charge in [0.2, 0.25) is 0 Å². The van der Waals surface area contributed by atoms with Crippen LogP contribution >= 0.6 is 24.0 Å². The zero-order valence-corrected chi connectivity index (χ0v) is 19.1. The van der Waals surface area contributed by atoms with Crippen molar-refractivity contribution in [1.82, 2.24) is 10.6 Å². The predicted octanol–water partition coefficient (Wildman–Crippen LogP) is 3.21. The Kier molecular flexibility index (Phi) is 13.2. The van der Waals surface area contributed by atoms with Gasteiger partial charge in [-0.3, -0.25) is 4.99 Å². The Bertz CT molecular complexity index is 571. The summed E-state index contributed by atoms with van der Waals surface area (Å²) in [5, 5.41) is 6.47. The van der Waals surface area contributed by atoms with Crippen molar-refractivity contribution in [2.75, 3.05) is 46.6 Å². The molecule has 0 aromatic heterocycles. The summed E-state index contributed by atoms with van der Waals surface area (Å²) in [6, 6.07) is 6.15. The quantitative estimate of drug-likeness (QED) is 0.220. The lowest BCUT2D eigenvalue weighted by molar-refractivity contribution is 0.0203. The molecule has 0 aliphatic carbocycles. The van der Waals surface area contributed by atoms with E-state index in [9.17, 15) is 4.39 Å². The zero-order valence-electron chi connectivity index (χ0n) is 16.8. The van der Waals surface area contributed by atoms with Crippen LogP contribution in [0.4, 0.5) is 4.39 Å². The standard InChI is InChI=1S/C20H32FN3O3.HI/c1-16(27-19-6-3-5-18(21)13-19)14-24-20(22-2)23-9-4-10-26-15-17-7-11-25-12-8-17;/h3,5-6,13,16-17H,4,7-12,14-15H2,1-2H3,(H2,22,23,24);1H. The third-order valence-corrected chi connectivity index (χ3v) is 4.37. The second-order valence-electron chi connectivity index (χ2n) is 6.75. The average Bonchev–Trinajstić information content (AvgIpc) is 2.67. The Morgan fingerprint density at radius 3 is 2.82 bits per heavy atom. The van der Waals surface area contributed by atoms with Crippen LogP contribution in [-0.2, 0) is 9.47 Å². The van der Waals surface area contributed by atoms with Gasteiger partial charge in [0.05, 0.1) is 6.54 Å². The molecular formula is C20H33FIN3O3. The lowest BCUT2D eigenvalue weighted by Gasteiger charge is -2.21. The molecule has 1 unspecified atom stereocenters. The molecule has 1 aliphatic rings. The van der Waals surface area contributed by atoms with Crippen molar-refractivity contribution >= 4 is 29.9 Å². The van der Waals surface area contributed by atoms with Gasteiger partial charge >= 0.3 is 0 Å². The molecule has 1 heterocycles. The summed E-state index contributed by atoms with van der Waals surface area (Å²) >= 11 is 0. The average molecular weight is 509 g/mol. The van der Waals surface area contributed by atoms with Gasteiger partial charge in [0.1, 0.15) is 17.7 Å². The third-order valence-electron chi connectivity index (χ3n) is 4.37. The normalized spacial score (nSPS) is 16.2. The molecule has 1 atom stereocenters. The topological polar surface area (TPSA) is 64.1 Å². The molecule has 0 radical (unpaired) electrons. The first-order valence-corrected chi connectivity index (χ1v) is 9.69. The highest BCUT2D eigenvalue weighted by atomic mass is 127. The minimum Gasteiger partial charge on any atom is -0.489 e. The van der Waals surface area contributed by atoms with Crippen molar-refractivity contribution in [2.45, 2.75) is 32.3 Å². The monoisotopic (exact) mass is 509 g/mol. The molecule has 1 aliphatic heterocycles. The molecule has 1 fully saturated rings. The van der Waals surface area contributed by atoms with E-state index in [1.807, 2.05) is 6.92 Å². The minimum atomic E-state index is -0.302. The summed E-state index contributed by atoms with van der Waals surface area (Å²) in [6.07, 6.45) is 3.00. The number of benzene rings is 1. The van der Waals surface area contributed by atoms with Crippen LogP contribution in [0.3, 0.4) is 0 Å². The maximum Gasteiger partial charge on any atom is 0.191 e. The van der Waals surface area contributed by atoms with Gasteiger partial charge in [-0.2, -0.15) is 0 Å². The van der Waals surface area contributed by atoms with Crippen molar-refractivity contribution in [2.24, 2.45) is 10.9 Å². The lowest BCUT2D eigenvalue weighted by Crippen LogP contribution is -2.42. The molecular weight excluding hydrogens is 476 g/mol. The molecule has 2 N–H and O–H groups in total. The lowest BCUT2D eigenvalue weighted by atomic mass is 10.0. The van der Waals surface area contributed by atoms with Crippen LogP contribution in [0.2, 0.25) is 0 Å². The number of hydrogen-bond acceptors (Lipinski definition) is 4. The summed E-state index contributed by atoms with van der Waals surface area (Å²) < 4.78 is 30.0. The predicted molar refractivity (Wildman–Crippen MR) is 120 cm³/mol. The van der Waals surface area contributed by atoms with Gasteiger partial charge in [0.15, 0.2) is 5.96 Å². The highest BCUT2D eigenvalue weighted by Crippen LogP contribution is 2.15. The van der Waals surface area contributed by atoms with E-state index in [2.05, 4.69) is 15.6 Å². The molecule has 0 bridgehead atoms. The number of nitrogens with zero attached hydrogens (tertiary/aromatic N) is 1. The molecule has 1 aromatic rings. The molecule has 1 saturated heterocycles. The van der Waals surface area contributed by atoms with Gasteiger partial charge in [-0.1, -0.05) is 6.07 Å². The van der Waals surface area contributed by atoms with E-state index >= 15 is 0 Å². The van der Waals surface area contributed by atoms with Gasteiger partial charge in [-0.05, 0) is 44.2 Å². The molecule has 1 aromatic carbocycles. The van der Waals surface area contributed by atoms with E-state index in [-0.39, 0.29) is 35.9 Å². The fourth-order valence-corrected chi connectivity index (χ4v) is 2.82. The smallest absolute Gasteiger partial charge is 0.191 e. The first kappa shape index (κ1) is 24.9. The second-order valence-corrected chi connectivity index (χ2v) is 6.75. The Labute approximate surface area is 184 Å². The maximum atomic E-state index is 13.2. The fraction of sp³-hybridized carbons (Fsp3) is 0.650.